The molecule has 0 saturated heterocycles. The molecule has 2 aromatic rings. The van der Waals surface area contributed by atoms with Crippen molar-refractivity contribution in [3.05, 3.63) is 41.1 Å². The van der Waals surface area contributed by atoms with E-state index in [-0.39, 0.29) is 5.75 Å². The zero-order chi connectivity index (χ0) is 15.0. The van der Waals surface area contributed by atoms with Gasteiger partial charge in [-0.1, -0.05) is 17.2 Å². The van der Waals surface area contributed by atoms with Gasteiger partial charge in [-0.3, -0.25) is 0 Å². The summed E-state index contributed by atoms with van der Waals surface area (Å²) >= 11 is 0. The maximum Gasteiger partial charge on any atom is 0.338 e. The standard InChI is InChI=1S/C13H13N5O3/c1-7-10(12(20)21-2)11(8-4-3-5-9(19)6-8)18-13(14-7)15-16-17-18/h3-6,11,19H,1-2H3,(H,14,15,17). The van der Waals surface area contributed by atoms with Crippen molar-refractivity contribution in [2.75, 3.05) is 12.4 Å². The van der Waals surface area contributed by atoms with Crippen LogP contribution in [-0.4, -0.2) is 38.4 Å². The van der Waals surface area contributed by atoms with E-state index in [4.69, 9.17) is 4.74 Å². The molecule has 8 nitrogen and oxygen atoms in total. The number of allylic oxidation sites excluding steroid dienone is 1. The van der Waals surface area contributed by atoms with E-state index in [0.29, 0.717) is 22.8 Å². The largest absolute Gasteiger partial charge is 0.508 e. The first-order valence-electron chi connectivity index (χ1n) is 6.24. The molecule has 0 saturated carbocycles. The third kappa shape index (κ3) is 2.10. The number of fused-ring (bicyclic) bond motifs is 1. The summed E-state index contributed by atoms with van der Waals surface area (Å²) in [6.45, 7) is 1.75. The minimum Gasteiger partial charge on any atom is -0.508 e. The third-order valence-corrected chi connectivity index (χ3v) is 3.31. The summed E-state index contributed by atoms with van der Waals surface area (Å²) in [5, 5.41) is 24.0. The predicted molar refractivity (Wildman–Crippen MR) is 72.4 cm³/mol. The zero-order valence-corrected chi connectivity index (χ0v) is 11.4. The van der Waals surface area contributed by atoms with E-state index in [9.17, 15) is 9.90 Å². The number of phenols is 1. The Hall–Kier alpha value is -2.90. The van der Waals surface area contributed by atoms with Crippen LogP contribution in [0.1, 0.15) is 18.5 Å². The summed E-state index contributed by atoms with van der Waals surface area (Å²) in [7, 11) is 1.32. The monoisotopic (exact) mass is 287 g/mol. The molecule has 2 heterocycles. The Labute approximate surface area is 120 Å². The molecule has 21 heavy (non-hydrogen) atoms. The molecule has 1 aliphatic heterocycles. The quantitative estimate of drug-likeness (QED) is 0.789. The maximum atomic E-state index is 12.1. The molecule has 1 aromatic heterocycles. The number of hydrogen-bond acceptors (Lipinski definition) is 7. The van der Waals surface area contributed by atoms with E-state index in [2.05, 4.69) is 20.8 Å². The smallest absolute Gasteiger partial charge is 0.338 e. The van der Waals surface area contributed by atoms with Crippen LogP contribution in [0.2, 0.25) is 0 Å². The summed E-state index contributed by atoms with van der Waals surface area (Å²) in [6.07, 6.45) is 0. The molecule has 0 radical (unpaired) electrons. The minimum atomic E-state index is -0.559. The van der Waals surface area contributed by atoms with Crippen molar-refractivity contribution in [1.82, 2.24) is 20.2 Å². The van der Waals surface area contributed by atoms with Gasteiger partial charge in [0.15, 0.2) is 0 Å². The highest BCUT2D eigenvalue weighted by Crippen LogP contribution is 2.35. The van der Waals surface area contributed by atoms with Crippen LogP contribution >= 0.6 is 0 Å². The first-order valence-corrected chi connectivity index (χ1v) is 6.24. The fourth-order valence-electron chi connectivity index (χ4n) is 2.39. The Balaban J connectivity index is 2.20. The summed E-state index contributed by atoms with van der Waals surface area (Å²) in [5.41, 5.74) is 1.69. The highest BCUT2D eigenvalue weighted by Gasteiger charge is 2.34. The van der Waals surface area contributed by atoms with Crippen LogP contribution < -0.4 is 5.32 Å². The van der Waals surface area contributed by atoms with E-state index in [1.54, 1.807) is 31.2 Å². The number of tetrazole rings is 1. The number of hydrogen-bond donors (Lipinski definition) is 2. The molecular weight excluding hydrogens is 274 g/mol. The average molecular weight is 287 g/mol. The number of anilines is 1. The van der Waals surface area contributed by atoms with Gasteiger partial charge in [-0.05, 0) is 35.0 Å². The summed E-state index contributed by atoms with van der Waals surface area (Å²) in [5.74, 6) is 0.0468. The van der Waals surface area contributed by atoms with Crippen molar-refractivity contribution in [3.63, 3.8) is 0 Å². The Morgan fingerprint density at radius 2 is 2.29 bits per heavy atom. The molecular formula is C13H13N5O3. The second-order valence-corrected chi connectivity index (χ2v) is 4.60. The number of ether oxygens (including phenoxy) is 1. The molecule has 1 atom stereocenters. The van der Waals surface area contributed by atoms with Crippen LogP contribution in [0.15, 0.2) is 35.5 Å². The second-order valence-electron chi connectivity index (χ2n) is 4.60. The first kappa shape index (κ1) is 13.1. The van der Waals surface area contributed by atoms with Crippen LogP contribution in [-0.2, 0) is 9.53 Å². The second kappa shape index (κ2) is 4.89. The van der Waals surface area contributed by atoms with Gasteiger partial charge >= 0.3 is 5.97 Å². The molecule has 0 aliphatic carbocycles. The third-order valence-electron chi connectivity index (χ3n) is 3.31. The maximum absolute atomic E-state index is 12.1. The fraction of sp³-hybridized carbons (Fsp3) is 0.231. The van der Waals surface area contributed by atoms with Gasteiger partial charge in [-0.25, -0.2) is 4.79 Å². The Morgan fingerprint density at radius 1 is 1.48 bits per heavy atom. The molecule has 3 rings (SSSR count). The first-order chi connectivity index (χ1) is 10.1. The minimum absolute atomic E-state index is 0.0996. The van der Waals surface area contributed by atoms with Crippen molar-refractivity contribution in [1.29, 1.82) is 0 Å². The molecule has 108 valence electrons. The van der Waals surface area contributed by atoms with Gasteiger partial charge in [0.1, 0.15) is 11.8 Å². The Kier molecular flexibility index (Phi) is 3.05. The van der Waals surface area contributed by atoms with Crippen molar-refractivity contribution in [3.8, 4) is 5.75 Å². The number of carbonyl (C=O) groups excluding carboxylic acids is 1. The SMILES string of the molecule is COC(=O)C1=C(C)Nc2nnnn2C1c1cccc(O)c1. The number of benzene rings is 1. The molecule has 0 bridgehead atoms. The molecule has 1 aromatic carbocycles. The highest BCUT2D eigenvalue weighted by atomic mass is 16.5. The molecule has 8 heteroatoms. The average Bonchev–Trinajstić information content (AvgIpc) is 2.92. The number of methoxy groups -OCH3 is 1. The number of rotatable bonds is 2. The van der Waals surface area contributed by atoms with E-state index >= 15 is 0 Å². The van der Waals surface area contributed by atoms with Gasteiger partial charge in [-0.2, -0.15) is 4.68 Å². The topological polar surface area (TPSA) is 102 Å². The molecule has 2 N–H and O–H groups in total. The van der Waals surface area contributed by atoms with Gasteiger partial charge in [0.2, 0.25) is 5.95 Å². The Bertz CT molecular complexity index is 737. The number of aromatic hydroxyl groups is 1. The van der Waals surface area contributed by atoms with Gasteiger partial charge in [0, 0.05) is 5.70 Å². The number of nitrogens with zero attached hydrogens (tertiary/aromatic N) is 4. The predicted octanol–water partition coefficient (Wildman–Crippen LogP) is 0.841. The fourth-order valence-corrected chi connectivity index (χ4v) is 2.39. The van der Waals surface area contributed by atoms with Crippen LogP contribution in [0, 0.1) is 0 Å². The van der Waals surface area contributed by atoms with Gasteiger partial charge in [0.05, 0.1) is 12.7 Å². The summed E-state index contributed by atoms with van der Waals surface area (Å²) in [6, 6.07) is 6.05. The van der Waals surface area contributed by atoms with Gasteiger partial charge in [0.25, 0.3) is 0 Å². The van der Waals surface area contributed by atoms with Crippen molar-refractivity contribution in [2.45, 2.75) is 13.0 Å². The van der Waals surface area contributed by atoms with Gasteiger partial charge < -0.3 is 15.2 Å². The lowest BCUT2D eigenvalue weighted by molar-refractivity contribution is -0.136. The molecule has 0 spiro atoms. The van der Waals surface area contributed by atoms with Crippen LogP contribution in [0.4, 0.5) is 5.95 Å². The van der Waals surface area contributed by atoms with Crippen LogP contribution in [0.3, 0.4) is 0 Å². The number of aromatic nitrogens is 4. The summed E-state index contributed by atoms with van der Waals surface area (Å²) in [4.78, 5) is 12.1. The lowest BCUT2D eigenvalue weighted by Gasteiger charge is -2.27. The van der Waals surface area contributed by atoms with Crippen molar-refractivity contribution >= 4 is 11.9 Å². The number of esters is 1. The molecule has 1 unspecified atom stereocenters. The van der Waals surface area contributed by atoms with Crippen LogP contribution in [0.25, 0.3) is 0 Å². The normalized spacial score (nSPS) is 17.1. The summed E-state index contributed by atoms with van der Waals surface area (Å²) < 4.78 is 6.33. The van der Waals surface area contributed by atoms with Crippen molar-refractivity contribution in [2.24, 2.45) is 0 Å². The van der Waals surface area contributed by atoms with Crippen molar-refractivity contribution < 1.29 is 14.6 Å². The molecule has 0 amide bonds. The van der Waals surface area contributed by atoms with Gasteiger partial charge in [-0.15, -0.1) is 0 Å². The lowest BCUT2D eigenvalue weighted by atomic mass is 9.95. The number of phenolic OH excluding ortho intramolecular Hbond substituents is 1. The number of carbonyl (C=O) groups is 1. The van der Waals surface area contributed by atoms with E-state index < -0.39 is 12.0 Å². The van der Waals surface area contributed by atoms with E-state index in [1.165, 1.54) is 11.8 Å². The van der Waals surface area contributed by atoms with Crippen LogP contribution in [0.5, 0.6) is 5.75 Å². The van der Waals surface area contributed by atoms with E-state index in [0.717, 1.165) is 0 Å². The highest BCUT2D eigenvalue weighted by molar-refractivity contribution is 5.92. The zero-order valence-electron chi connectivity index (χ0n) is 11.4. The lowest BCUT2D eigenvalue weighted by Crippen LogP contribution is -2.29. The van der Waals surface area contributed by atoms with E-state index in [1.807, 2.05) is 0 Å². The Morgan fingerprint density at radius 3 is 3.00 bits per heavy atom. The number of nitrogens with one attached hydrogen (secondary N) is 1. The molecule has 1 aliphatic rings. The molecule has 0 fully saturated rings.